The average Bonchev–Trinajstić information content (AvgIpc) is 3.14. The molecule has 0 aliphatic carbocycles. The Bertz CT molecular complexity index is 904. The summed E-state index contributed by atoms with van der Waals surface area (Å²) in [5, 5.41) is 12.0. The molecule has 0 atom stereocenters. The molecule has 0 unspecified atom stereocenters. The predicted octanol–water partition coefficient (Wildman–Crippen LogP) is 2.72. The molecule has 8 heteroatoms. The van der Waals surface area contributed by atoms with Gasteiger partial charge in [0.2, 0.25) is 5.91 Å². The van der Waals surface area contributed by atoms with Gasteiger partial charge in [-0.05, 0) is 17.5 Å². The van der Waals surface area contributed by atoms with Gasteiger partial charge in [0.1, 0.15) is 16.8 Å². The Morgan fingerprint density at radius 2 is 2.25 bits per heavy atom. The molecular formula is C16H11N5OS2. The molecule has 3 heterocycles. The number of nitriles is 1. The summed E-state index contributed by atoms with van der Waals surface area (Å²) in [6, 6.07) is 7.86. The molecule has 0 aliphatic rings. The fourth-order valence-corrected chi connectivity index (χ4v) is 3.55. The second-order valence-corrected chi connectivity index (χ2v) is 6.58. The highest BCUT2D eigenvalue weighted by Gasteiger charge is 2.17. The van der Waals surface area contributed by atoms with Crippen LogP contribution in [0, 0.1) is 11.3 Å². The number of hydrogen-bond donors (Lipinski definition) is 1. The molecule has 0 fully saturated rings. The molecule has 24 heavy (non-hydrogen) atoms. The second-order valence-electron chi connectivity index (χ2n) is 4.67. The van der Waals surface area contributed by atoms with Crippen molar-refractivity contribution >= 4 is 29.0 Å². The van der Waals surface area contributed by atoms with Crippen molar-refractivity contribution in [2.75, 3.05) is 5.75 Å². The van der Waals surface area contributed by atoms with Gasteiger partial charge < -0.3 is 5.73 Å². The number of amides is 1. The summed E-state index contributed by atoms with van der Waals surface area (Å²) < 4.78 is 0. The van der Waals surface area contributed by atoms with E-state index in [1.54, 1.807) is 18.6 Å². The van der Waals surface area contributed by atoms with Gasteiger partial charge >= 0.3 is 0 Å². The van der Waals surface area contributed by atoms with E-state index >= 15 is 0 Å². The van der Waals surface area contributed by atoms with Crippen molar-refractivity contribution in [3.8, 4) is 27.9 Å². The Hall–Kier alpha value is -2.76. The summed E-state index contributed by atoms with van der Waals surface area (Å²) in [4.78, 5) is 24.9. The van der Waals surface area contributed by atoms with E-state index in [0.29, 0.717) is 22.0 Å². The number of nitrogens with two attached hydrogens (primary N) is 1. The highest BCUT2D eigenvalue weighted by molar-refractivity contribution is 8.00. The van der Waals surface area contributed by atoms with Crippen LogP contribution in [0.2, 0.25) is 0 Å². The van der Waals surface area contributed by atoms with Gasteiger partial charge in [0.25, 0.3) is 0 Å². The third-order valence-corrected chi connectivity index (χ3v) is 4.96. The first-order chi connectivity index (χ1) is 11.7. The summed E-state index contributed by atoms with van der Waals surface area (Å²) in [5.74, 6) is -0.413. The van der Waals surface area contributed by atoms with Gasteiger partial charge in [0.05, 0.1) is 23.2 Å². The van der Waals surface area contributed by atoms with Crippen molar-refractivity contribution < 1.29 is 4.79 Å². The fraction of sp³-hybridized carbons (Fsp3) is 0.0625. The molecule has 3 rings (SSSR count). The molecular weight excluding hydrogens is 342 g/mol. The standard InChI is InChI=1S/C16H11N5OS2/c17-7-11-10(14-2-1-5-23-14)6-12(13-8-19-3-4-20-13)21-16(11)24-9-15(18)22/h1-6,8H,9H2,(H2,18,22). The van der Waals surface area contributed by atoms with E-state index < -0.39 is 5.91 Å². The van der Waals surface area contributed by atoms with Crippen molar-refractivity contribution in [1.29, 1.82) is 5.26 Å². The maximum Gasteiger partial charge on any atom is 0.227 e. The molecule has 0 radical (unpaired) electrons. The van der Waals surface area contributed by atoms with Crippen LogP contribution in [0.3, 0.4) is 0 Å². The van der Waals surface area contributed by atoms with Crippen molar-refractivity contribution in [3.05, 3.63) is 47.7 Å². The van der Waals surface area contributed by atoms with Crippen molar-refractivity contribution in [1.82, 2.24) is 15.0 Å². The molecule has 0 aromatic carbocycles. The molecule has 0 saturated carbocycles. The Labute approximate surface area is 146 Å². The van der Waals surface area contributed by atoms with Crippen molar-refractivity contribution in [2.24, 2.45) is 5.73 Å². The van der Waals surface area contributed by atoms with E-state index in [1.807, 2.05) is 23.6 Å². The number of thioether (sulfide) groups is 1. The zero-order valence-electron chi connectivity index (χ0n) is 12.3. The maximum atomic E-state index is 11.1. The highest BCUT2D eigenvalue weighted by Crippen LogP contribution is 2.35. The maximum absolute atomic E-state index is 11.1. The third kappa shape index (κ3) is 3.42. The van der Waals surface area contributed by atoms with Crippen LogP contribution >= 0.6 is 23.1 Å². The van der Waals surface area contributed by atoms with Crippen molar-refractivity contribution in [3.63, 3.8) is 0 Å². The number of nitrogens with zero attached hydrogens (tertiary/aromatic N) is 4. The number of primary amides is 1. The van der Waals surface area contributed by atoms with E-state index in [4.69, 9.17) is 5.73 Å². The van der Waals surface area contributed by atoms with Crippen LogP contribution in [0.5, 0.6) is 0 Å². The van der Waals surface area contributed by atoms with Gasteiger partial charge in [-0.25, -0.2) is 4.98 Å². The lowest BCUT2D eigenvalue weighted by molar-refractivity contribution is -0.115. The van der Waals surface area contributed by atoms with E-state index in [-0.39, 0.29) is 5.75 Å². The summed E-state index contributed by atoms with van der Waals surface area (Å²) >= 11 is 2.68. The Morgan fingerprint density at radius 3 is 2.88 bits per heavy atom. The van der Waals surface area contributed by atoms with Gasteiger partial charge in [-0.1, -0.05) is 17.8 Å². The van der Waals surface area contributed by atoms with Crippen LogP contribution in [-0.2, 0) is 4.79 Å². The largest absolute Gasteiger partial charge is 0.369 e. The second kappa shape index (κ2) is 7.21. The van der Waals surface area contributed by atoms with Gasteiger partial charge in [0, 0.05) is 22.8 Å². The summed E-state index contributed by atoms with van der Waals surface area (Å²) in [6.45, 7) is 0. The first-order valence-electron chi connectivity index (χ1n) is 6.85. The lowest BCUT2D eigenvalue weighted by Crippen LogP contribution is -2.13. The first kappa shape index (κ1) is 16.1. The molecule has 6 nitrogen and oxygen atoms in total. The molecule has 3 aromatic heterocycles. The van der Waals surface area contributed by atoms with E-state index in [0.717, 1.165) is 22.2 Å². The summed E-state index contributed by atoms with van der Waals surface area (Å²) in [7, 11) is 0. The topological polar surface area (TPSA) is 106 Å². The molecule has 1 amide bonds. The number of aromatic nitrogens is 3. The minimum Gasteiger partial charge on any atom is -0.369 e. The Kier molecular flexibility index (Phi) is 4.84. The lowest BCUT2D eigenvalue weighted by Gasteiger charge is -2.10. The van der Waals surface area contributed by atoms with Gasteiger partial charge in [-0.15, -0.1) is 11.3 Å². The van der Waals surface area contributed by atoms with Crippen LogP contribution in [0.1, 0.15) is 5.56 Å². The summed E-state index contributed by atoms with van der Waals surface area (Å²) in [5.41, 5.74) is 7.60. The monoisotopic (exact) mass is 353 g/mol. The Balaban J connectivity index is 2.18. The van der Waals surface area contributed by atoms with Crippen molar-refractivity contribution in [2.45, 2.75) is 5.03 Å². The van der Waals surface area contributed by atoms with Gasteiger partial charge in [0.15, 0.2) is 0 Å². The quantitative estimate of drug-likeness (QED) is 0.707. The van der Waals surface area contributed by atoms with Crippen LogP contribution in [0.15, 0.2) is 47.2 Å². The van der Waals surface area contributed by atoms with Gasteiger partial charge in [-0.3, -0.25) is 14.8 Å². The van der Waals surface area contributed by atoms with Crippen LogP contribution in [0.4, 0.5) is 0 Å². The number of carbonyl (C=O) groups excluding carboxylic acids is 1. The fourth-order valence-electron chi connectivity index (χ4n) is 2.06. The Morgan fingerprint density at radius 1 is 1.38 bits per heavy atom. The van der Waals surface area contributed by atoms with Crippen LogP contribution in [-0.4, -0.2) is 26.6 Å². The third-order valence-electron chi connectivity index (χ3n) is 3.06. The van der Waals surface area contributed by atoms with Crippen LogP contribution in [0.25, 0.3) is 21.8 Å². The molecule has 2 N–H and O–H groups in total. The van der Waals surface area contributed by atoms with Crippen LogP contribution < -0.4 is 5.73 Å². The zero-order chi connectivity index (χ0) is 16.9. The number of pyridine rings is 1. The molecule has 3 aromatic rings. The molecule has 0 saturated heterocycles. The average molecular weight is 353 g/mol. The molecule has 118 valence electrons. The molecule has 0 spiro atoms. The normalized spacial score (nSPS) is 10.3. The zero-order valence-corrected chi connectivity index (χ0v) is 14.0. The minimum absolute atomic E-state index is 0.0511. The number of thiophene rings is 1. The number of hydrogen-bond acceptors (Lipinski definition) is 7. The smallest absolute Gasteiger partial charge is 0.227 e. The lowest BCUT2D eigenvalue weighted by atomic mass is 10.1. The highest BCUT2D eigenvalue weighted by atomic mass is 32.2. The number of carbonyl (C=O) groups is 1. The molecule has 0 bridgehead atoms. The summed E-state index contributed by atoms with van der Waals surface area (Å²) in [6.07, 6.45) is 4.77. The molecule has 0 aliphatic heterocycles. The predicted molar refractivity (Wildman–Crippen MR) is 93.2 cm³/mol. The SMILES string of the molecule is N#Cc1c(-c2cccs2)cc(-c2cnccn2)nc1SCC(N)=O. The van der Waals surface area contributed by atoms with E-state index in [9.17, 15) is 10.1 Å². The number of rotatable bonds is 5. The van der Waals surface area contributed by atoms with Gasteiger partial charge in [-0.2, -0.15) is 5.26 Å². The van der Waals surface area contributed by atoms with E-state index in [1.165, 1.54) is 11.3 Å². The minimum atomic E-state index is -0.465. The van der Waals surface area contributed by atoms with E-state index in [2.05, 4.69) is 21.0 Å². The first-order valence-corrected chi connectivity index (χ1v) is 8.72.